The number of hydrogen-bond acceptors (Lipinski definition) is 11. The van der Waals surface area contributed by atoms with Crippen LogP contribution in [0.15, 0.2) is 46.3 Å². The molecule has 2 saturated heterocycles. The fourth-order valence-electron chi connectivity index (χ4n) is 5.88. The Morgan fingerprint density at radius 2 is 1.91 bits per heavy atom. The van der Waals surface area contributed by atoms with Gasteiger partial charge in [-0.15, -0.1) is 0 Å². The van der Waals surface area contributed by atoms with Crippen LogP contribution in [0.2, 0.25) is 0 Å². The maximum Gasteiger partial charge on any atom is 0.244 e. The molecule has 2 atom stereocenters. The lowest BCUT2D eigenvalue weighted by Crippen LogP contribution is -2.47. The summed E-state index contributed by atoms with van der Waals surface area (Å²) in [5.41, 5.74) is -0.176. The number of sulfonamides is 2. The van der Waals surface area contributed by atoms with Crippen molar-refractivity contribution in [3.8, 4) is 11.6 Å². The van der Waals surface area contributed by atoms with Crippen molar-refractivity contribution in [2.24, 2.45) is 0 Å². The Balaban J connectivity index is 1.10. The summed E-state index contributed by atoms with van der Waals surface area (Å²) in [4.78, 5) is 6.53. The summed E-state index contributed by atoms with van der Waals surface area (Å²) in [5, 5.41) is 13.8. The quantitative estimate of drug-likeness (QED) is 0.340. The van der Waals surface area contributed by atoms with Gasteiger partial charge < -0.3 is 29.5 Å². The van der Waals surface area contributed by atoms with E-state index in [0.29, 0.717) is 62.8 Å². The van der Waals surface area contributed by atoms with E-state index in [1.165, 1.54) is 29.7 Å². The third-order valence-corrected chi connectivity index (χ3v) is 11.4. The number of anilines is 1. The van der Waals surface area contributed by atoms with Gasteiger partial charge in [-0.25, -0.2) is 26.5 Å². The standard InChI is InChI=1S/C28H41N5O8S2/c1-27(2)19-32(4)25-13-24(16-31-26(25)41-27)43(37,38)33-10-8-28(9-11-33)14-20(17-40-28)30-15-21(34)18-39-22-6-5-7-23(12-22)42(35,36)29-3/h5-7,12-13,16,20-21,29-30,34H,8-11,14-15,17-19H2,1-4H3. The highest BCUT2D eigenvalue weighted by Crippen LogP contribution is 2.39. The molecular weight excluding hydrogens is 598 g/mol. The molecule has 1 aromatic heterocycles. The first-order valence-electron chi connectivity index (χ1n) is 14.3. The zero-order valence-electron chi connectivity index (χ0n) is 24.9. The molecule has 0 saturated carbocycles. The van der Waals surface area contributed by atoms with Crippen molar-refractivity contribution in [2.45, 2.75) is 66.2 Å². The van der Waals surface area contributed by atoms with Gasteiger partial charge in [0.15, 0.2) is 0 Å². The van der Waals surface area contributed by atoms with Gasteiger partial charge in [0.25, 0.3) is 0 Å². The summed E-state index contributed by atoms with van der Waals surface area (Å²) < 4.78 is 72.5. The van der Waals surface area contributed by atoms with Gasteiger partial charge >= 0.3 is 0 Å². The number of aromatic nitrogens is 1. The van der Waals surface area contributed by atoms with Gasteiger partial charge in [0, 0.05) is 38.8 Å². The van der Waals surface area contributed by atoms with Crippen LogP contribution in [-0.4, -0.2) is 108 Å². The second-order valence-electron chi connectivity index (χ2n) is 12.1. The van der Waals surface area contributed by atoms with Gasteiger partial charge in [0.2, 0.25) is 25.9 Å². The van der Waals surface area contributed by atoms with Crippen LogP contribution in [0.3, 0.4) is 0 Å². The van der Waals surface area contributed by atoms with Crippen LogP contribution in [0.4, 0.5) is 5.69 Å². The summed E-state index contributed by atoms with van der Waals surface area (Å²) in [5.74, 6) is 0.773. The van der Waals surface area contributed by atoms with Crippen molar-refractivity contribution in [3.63, 3.8) is 0 Å². The minimum Gasteiger partial charge on any atom is -0.491 e. The molecule has 2 unspecified atom stereocenters. The molecule has 15 heteroatoms. The van der Waals surface area contributed by atoms with E-state index >= 15 is 0 Å². The fraction of sp³-hybridized carbons (Fsp3) is 0.607. The molecule has 1 aromatic carbocycles. The molecule has 4 heterocycles. The van der Waals surface area contributed by atoms with Crippen molar-refractivity contribution in [1.82, 2.24) is 19.3 Å². The van der Waals surface area contributed by atoms with E-state index < -0.39 is 37.4 Å². The maximum atomic E-state index is 13.5. The lowest BCUT2D eigenvalue weighted by molar-refractivity contribution is -0.0312. The number of ether oxygens (including phenoxy) is 3. The van der Waals surface area contributed by atoms with Crippen molar-refractivity contribution in [1.29, 1.82) is 0 Å². The predicted molar refractivity (Wildman–Crippen MR) is 159 cm³/mol. The number of fused-ring (bicyclic) bond motifs is 1. The van der Waals surface area contributed by atoms with E-state index in [1.807, 2.05) is 25.8 Å². The lowest BCUT2D eigenvalue weighted by Gasteiger charge is -2.39. The van der Waals surface area contributed by atoms with Crippen LogP contribution in [0.5, 0.6) is 11.6 Å². The molecule has 2 fully saturated rings. The Bertz CT molecular complexity index is 1530. The number of aliphatic hydroxyl groups excluding tert-OH is 1. The van der Waals surface area contributed by atoms with E-state index in [4.69, 9.17) is 14.2 Å². The van der Waals surface area contributed by atoms with E-state index in [2.05, 4.69) is 15.0 Å². The molecule has 13 nitrogen and oxygen atoms in total. The first-order chi connectivity index (χ1) is 20.2. The van der Waals surface area contributed by atoms with Crippen LogP contribution in [0.1, 0.15) is 33.1 Å². The molecule has 0 amide bonds. The third-order valence-electron chi connectivity index (χ3n) is 8.16. The SMILES string of the molecule is CNS(=O)(=O)c1cccc(OCC(O)CNC2COC3(CCN(S(=O)(=O)c4cnc5c(c4)N(C)CC(C)(C)O5)CC3)C2)c1. The molecule has 5 rings (SSSR count). The average molecular weight is 640 g/mol. The van der Waals surface area contributed by atoms with Crippen LogP contribution < -0.4 is 24.4 Å². The number of hydrogen-bond donors (Lipinski definition) is 3. The van der Waals surface area contributed by atoms with Crippen LogP contribution in [-0.2, 0) is 24.8 Å². The monoisotopic (exact) mass is 639 g/mol. The topological polar surface area (TPSA) is 160 Å². The zero-order chi connectivity index (χ0) is 31.0. The number of nitrogens with one attached hydrogen (secondary N) is 2. The normalized spacial score (nSPS) is 22.6. The molecule has 43 heavy (non-hydrogen) atoms. The molecule has 3 aliphatic heterocycles. The molecule has 0 bridgehead atoms. The summed E-state index contributed by atoms with van der Waals surface area (Å²) in [6.07, 6.45) is 2.38. The van der Waals surface area contributed by atoms with Crippen LogP contribution >= 0.6 is 0 Å². The van der Waals surface area contributed by atoms with Crippen molar-refractivity contribution >= 4 is 25.7 Å². The molecule has 238 valence electrons. The summed E-state index contributed by atoms with van der Waals surface area (Å²) in [7, 11) is -4.09. The molecule has 0 aliphatic carbocycles. The Labute approximate surface area is 253 Å². The summed E-state index contributed by atoms with van der Waals surface area (Å²) >= 11 is 0. The zero-order valence-corrected chi connectivity index (χ0v) is 26.6. The number of pyridine rings is 1. The Morgan fingerprint density at radius 1 is 1.16 bits per heavy atom. The second kappa shape index (κ2) is 12.1. The van der Waals surface area contributed by atoms with Gasteiger partial charge in [0.1, 0.15) is 34.6 Å². The molecule has 3 N–H and O–H groups in total. The summed E-state index contributed by atoms with van der Waals surface area (Å²) in [6.45, 7) is 5.93. The maximum absolute atomic E-state index is 13.5. The molecular formula is C28H41N5O8S2. The van der Waals surface area contributed by atoms with Gasteiger partial charge in [-0.05, 0) is 58.4 Å². The van der Waals surface area contributed by atoms with E-state index in [1.54, 1.807) is 18.2 Å². The molecule has 2 aromatic rings. The van der Waals surface area contributed by atoms with E-state index in [9.17, 15) is 21.9 Å². The minimum absolute atomic E-state index is 0.00606. The predicted octanol–water partition coefficient (Wildman–Crippen LogP) is 0.939. The highest BCUT2D eigenvalue weighted by molar-refractivity contribution is 7.89. The molecule has 1 spiro atoms. The highest BCUT2D eigenvalue weighted by Gasteiger charge is 2.45. The van der Waals surface area contributed by atoms with Gasteiger partial charge in [-0.2, -0.15) is 4.31 Å². The van der Waals surface area contributed by atoms with Crippen molar-refractivity contribution in [2.75, 3.05) is 58.4 Å². The third kappa shape index (κ3) is 7.08. The number of piperidine rings is 1. The number of likely N-dealkylation sites (N-methyl/N-ethyl adjacent to an activating group) is 1. The van der Waals surface area contributed by atoms with Crippen molar-refractivity contribution in [3.05, 3.63) is 36.5 Å². The van der Waals surface area contributed by atoms with Gasteiger partial charge in [0.05, 0.1) is 29.8 Å². The average Bonchev–Trinajstić information content (AvgIpc) is 3.36. The Morgan fingerprint density at radius 3 is 2.63 bits per heavy atom. The highest BCUT2D eigenvalue weighted by atomic mass is 32.2. The molecule has 3 aliphatic rings. The Kier molecular flexibility index (Phi) is 8.97. The lowest BCUT2D eigenvalue weighted by atomic mass is 9.88. The second-order valence-corrected chi connectivity index (χ2v) is 15.9. The first-order valence-corrected chi connectivity index (χ1v) is 17.3. The van der Waals surface area contributed by atoms with E-state index in [-0.39, 0.29) is 29.0 Å². The minimum atomic E-state index is -3.74. The smallest absolute Gasteiger partial charge is 0.244 e. The Hall–Kier alpha value is -2.53. The first kappa shape index (κ1) is 31.9. The van der Waals surface area contributed by atoms with Crippen LogP contribution in [0, 0.1) is 0 Å². The fourth-order valence-corrected chi connectivity index (χ4v) is 8.05. The number of benzene rings is 1. The number of nitrogens with zero attached hydrogens (tertiary/aromatic N) is 3. The van der Waals surface area contributed by atoms with Gasteiger partial charge in [-0.1, -0.05) is 6.07 Å². The number of aliphatic hydroxyl groups is 1. The summed E-state index contributed by atoms with van der Waals surface area (Å²) in [6, 6.07) is 7.72. The largest absolute Gasteiger partial charge is 0.491 e. The van der Waals surface area contributed by atoms with Crippen LogP contribution in [0.25, 0.3) is 0 Å². The van der Waals surface area contributed by atoms with Crippen molar-refractivity contribution < 1.29 is 36.2 Å². The van der Waals surface area contributed by atoms with E-state index in [0.717, 1.165) is 0 Å². The molecule has 0 radical (unpaired) electrons. The van der Waals surface area contributed by atoms with Gasteiger partial charge in [-0.3, -0.25) is 0 Å². The number of rotatable bonds is 10.